The lowest BCUT2D eigenvalue weighted by Gasteiger charge is -2.22. The molecule has 19 heavy (non-hydrogen) atoms. The van der Waals surface area contributed by atoms with Gasteiger partial charge in [-0.25, -0.2) is 13.6 Å². The lowest BCUT2D eigenvalue weighted by atomic mass is 9.96. The SMILES string of the molecule is O=C(NCc1cc(F)ccc1F)NC1CCCCC1. The van der Waals surface area contributed by atoms with E-state index >= 15 is 0 Å². The molecule has 5 heteroatoms. The Morgan fingerprint density at radius 3 is 2.68 bits per heavy atom. The molecule has 0 aromatic heterocycles. The molecular weight excluding hydrogens is 250 g/mol. The van der Waals surface area contributed by atoms with Crippen LogP contribution >= 0.6 is 0 Å². The van der Waals surface area contributed by atoms with Crippen LogP contribution < -0.4 is 10.6 Å². The van der Waals surface area contributed by atoms with Gasteiger partial charge in [0, 0.05) is 18.2 Å². The van der Waals surface area contributed by atoms with Crippen LogP contribution in [-0.4, -0.2) is 12.1 Å². The number of nitrogens with one attached hydrogen (secondary N) is 2. The maximum Gasteiger partial charge on any atom is 0.315 e. The van der Waals surface area contributed by atoms with Gasteiger partial charge in [0.1, 0.15) is 11.6 Å². The van der Waals surface area contributed by atoms with Crippen molar-refractivity contribution in [3.8, 4) is 0 Å². The number of carbonyl (C=O) groups is 1. The molecule has 0 atom stereocenters. The molecule has 1 aliphatic rings. The second-order valence-corrected chi connectivity index (χ2v) is 4.90. The normalized spacial score (nSPS) is 16.1. The zero-order valence-electron chi connectivity index (χ0n) is 10.7. The van der Waals surface area contributed by atoms with Crippen molar-refractivity contribution in [2.75, 3.05) is 0 Å². The van der Waals surface area contributed by atoms with Crippen LogP contribution in [0, 0.1) is 11.6 Å². The molecule has 0 saturated heterocycles. The maximum atomic E-state index is 13.3. The van der Waals surface area contributed by atoms with Crippen molar-refractivity contribution in [3.05, 3.63) is 35.4 Å². The number of hydrogen-bond acceptors (Lipinski definition) is 1. The van der Waals surface area contributed by atoms with Crippen LogP contribution in [0.15, 0.2) is 18.2 Å². The molecule has 0 unspecified atom stereocenters. The zero-order valence-corrected chi connectivity index (χ0v) is 10.7. The van der Waals surface area contributed by atoms with E-state index in [-0.39, 0.29) is 24.2 Å². The number of hydrogen-bond donors (Lipinski definition) is 2. The van der Waals surface area contributed by atoms with Crippen molar-refractivity contribution in [1.82, 2.24) is 10.6 Å². The van der Waals surface area contributed by atoms with Crippen LogP contribution in [0.4, 0.5) is 13.6 Å². The summed E-state index contributed by atoms with van der Waals surface area (Å²) in [5, 5.41) is 5.41. The lowest BCUT2D eigenvalue weighted by molar-refractivity contribution is 0.232. The van der Waals surface area contributed by atoms with Crippen LogP contribution in [0.2, 0.25) is 0 Å². The van der Waals surface area contributed by atoms with Crippen LogP contribution in [0.25, 0.3) is 0 Å². The van der Waals surface area contributed by atoms with Crippen molar-refractivity contribution in [2.24, 2.45) is 0 Å². The third kappa shape index (κ3) is 4.19. The molecule has 0 bridgehead atoms. The van der Waals surface area contributed by atoms with Crippen LogP contribution in [0.5, 0.6) is 0 Å². The molecule has 1 saturated carbocycles. The van der Waals surface area contributed by atoms with Gasteiger partial charge in [0.15, 0.2) is 0 Å². The summed E-state index contributed by atoms with van der Waals surface area (Å²) in [6.07, 6.45) is 5.45. The highest BCUT2D eigenvalue weighted by Crippen LogP contribution is 2.17. The third-order valence-electron chi connectivity index (χ3n) is 3.39. The summed E-state index contributed by atoms with van der Waals surface area (Å²) in [4.78, 5) is 11.6. The Balaban J connectivity index is 1.81. The summed E-state index contributed by atoms with van der Waals surface area (Å²) in [5.41, 5.74) is 0.152. The highest BCUT2D eigenvalue weighted by atomic mass is 19.1. The zero-order chi connectivity index (χ0) is 13.7. The number of rotatable bonds is 3. The predicted octanol–water partition coefficient (Wildman–Crippen LogP) is 3.10. The molecule has 3 nitrogen and oxygen atoms in total. The summed E-state index contributed by atoms with van der Waals surface area (Å²) in [5.74, 6) is -1.02. The minimum atomic E-state index is -0.514. The fourth-order valence-electron chi connectivity index (χ4n) is 2.34. The smallest absolute Gasteiger partial charge is 0.315 e. The molecule has 0 heterocycles. The average molecular weight is 268 g/mol. The van der Waals surface area contributed by atoms with Gasteiger partial charge in [-0.15, -0.1) is 0 Å². The Kier molecular flexibility index (Phi) is 4.71. The summed E-state index contributed by atoms with van der Waals surface area (Å²) in [6, 6.07) is 3.09. The molecule has 104 valence electrons. The van der Waals surface area contributed by atoms with E-state index in [2.05, 4.69) is 10.6 Å². The molecule has 2 amide bonds. The van der Waals surface area contributed by atoms with Gasteiger partial charge in [0.05, 0.1) is 0 Å². The Labute approximate surface area is 111 Å². The van der Waals surface area contributed by atoms with Gasteiger partial charge in [-0.3, -0.25) is 0 Å². The topological polar surface area (TPSA) is 41.1 Å². The molecule has 1 aromatic carbocycles. The third-order valence-corrected chi connectivity index (χ3v) is 3.39. The first-order chi connectivity index (χ1) is 9.15. The van der Waals surface area contributed by atoms with E-state index in [1.807, 2.05) is 0 Å². The average Bonchev–Trinajstić information content (AvgIpc) is 2.41. The van der Waals surface area contributed by atoms with Crippen LogP contribution in [0.3, 0.4) is 0 Å². The standard InChI is InChI=1S/C14H18F2N2O/c15-11-6-7-13(16)10(8-11)9-17-14(19)18-12-4-2-1-3-5-12/h6-8,12H,1-5,9H2,(H2,17,18,19). The van der Waals surface area contributed by atoms with Crippen molar-refractivity contribution in [2.45, 2.75) is 44.7 Å². The van der Waals surface area contributed by atoms with E-state index in [9.17, 15) is 13.6 Å². The maximum absolute atomic E-state index is 13.3. The van der Waals surface area contributed by atoms with Crippen LogP contribution in [0.1, 0.15) is 37.7 Å². The van der Waals surface area contributed by atoms with Gasteiger partial charge in [0.25, 0.3) is 0 Å². The predicted molar refractivity (Wildman–Crippen MR) is 68.6 cm³/mol. The Morgan fingerprint density at radius 2 is 1.95 bits per heavy atom. The summed E-state index contributed by atoms with van der Waals surface area (Å²) in [7, 11) is 0. The number of urea groups is 1. The minimum Gasteiger partial charge on any atom is -0.335 e. The molecule has 0 aliphatic heterocycles. The molecule has 1 aliphatic carbocycles. The van der Waals surface area contributed by atoms with E-state index in [4.69, 9.17) is 0 Å². The highest BCUT2D eigenvalue weighted by molar-refractivity contribution is 5.74. The van der Waals surface area contributed by atoms with Crippen molar-refractivity contribution in [1.29, 1.82) is 0 Å². The van der Waals surface area contributed by atoms with Crippen molar-refractivity contribution < 1.29 is 13.6 Å². The second kappa shape index (κ2) is 6.50. The lowest BCUT2D eigenvalue weighted by Crippen LogP contribution is -2.42. The number of benzene rings is 1. The Hall–Kier alpha value is -1.65. The van der Waals surface area contributed by atoms with E-state index in [0.29, 0.717) is 0 Å². The molecule has 0 spiro atoms. The van der Waals surface area contributed by atoms with Gasteiger partial charge in [-0.2, -0.15) is 0 Å². The minimum absolute atomic E-state index is 0.0118. The molecule has 2 rings (SSSR count). The number of carbonyl (C=O) groups excluding carboxylic acids is 1. The second-order valence-electron chi connectivity index (χ2n) is 4.90. The highest BCUT2D eigenvalue weighted by Gasteiger charge is 2.15. The van der Waals surface area contributed by atoms with E-state index < -0.39 is 11.6 Å². The molecule has 2 N–H and O–H groups in total. The first-order valence-corrected chi connectivity index (χ1v) is 6.63. The van der Waals surface area contributed by atoms with Crippen LogP contribution in [-0.2, 0) is 6.54 Å². The van der Waals surface area contributed by atoms with Gasteiger partial charge in [-0.1, -0.05) is 19.3 Å². The quantitative estimate of drug-likeness (QED) is 0.869. The Bertz CT molecular complexity index is 445. The van der Waals surface area contributed by atoms with Crippen molar-refractivity contribution >= 4 is 6.03 Å². The fraction of sp³-hybridized carbons (Fsp3) is 0.500. The summed E-state index contributed by atoms with van der Waals surface area (Å²) >= 11 is 0. The van der Waals surface area contributed by atoms with Gasteiger partial charge in [-0.05, 0) is 31.0 Å². The van der Waals surface area contributed by atoms with Gasteiger partial charge in [0.2, 0.25) is 0 Å². The monoisotopic (exact) mass is 268 g/mol. The number of halogens is 2. The fourth-order valence-corrected chi connectivity index (χ4v) is 2.34. The first-order valence-electron chi connectivity index (χ1n) is 6.63. The van der Waals surface area contributed by atoms with Gasteiger partial charge < -0.3 is 10.6 Å². The first kappa shape index (κ1) is 13.8. The molecule has 0 radical (unpaired) electrons. The van der Waals surface area contributed by atoms with Gasteiger partial charge >= 0.3 is 6.03 Å². The van der Waals surface area contributed by atoms with E-state index in [1.54, 1.807) is 0 Å². The summed E-state index contributed by atoms with van der Waals surface area (Å²) in [6.45, 7) is -0.0118. The van der Waals surface area contributed by atoms with Crippen molar-refractivity contribution in [3.63, 3.8) is 0 Å². The molecule has 1 fully saturated rings. The Morgan fingerprint density at radius 1 is 1.21 bits per heavy atom. The number of amides is 2. The molecular formula is C14H18F2N2O. The largest absolute Gasteiger partial charge is 0.335 e. The molecule has 1 aromatic rings. The summed E-state index contributed by atoms with van der Waals surface area (Å²) < 4.78 is 26.3. The van der Waals surface area contributed by atoms with E-state index in [1.165, 1.54) is 6.42 Å². The van der Waals surface area contributed by atoms with E-state index in [0.717, 1.165) is 43.9 Å².